The highest BCUT2D eigenvalue weighted by Crippen LogP contribution is 2.20. The molecule has 0 unspecified atom stereocenters. The van der Waals surface area contributed by atoms with Crippen LogP contribution in [0.3, 0.4) is 0 Å². The summed E-state index contributed by atoms with van der Waals surface area (Å²) in [5.41, 5.74) is 0.993. The second kappa shape index (κ2) is 5.42. The highest BCUT2D eigenvalue weighted by molar-refractivity contribution is 6.32. The molecule has 0 atom stereocenters. The summed E-state index contributed by atoms with van der Waals surface area (Å²) in [6, 6.07) is 6.07. The largest absolute Gasteiger partial charge is 0.507 e. The number of hydrogen-bond donors (Lipinski definition) is 2. The summed E-state index contributed by atoms with van der Waals surface area (Å²) in [4.78, 5) is 19.5. The highest BCUT2D eigenvalue weighted by atomic mass is 35.5. The molecule has 7 heteroatoms. The SMILES string of the molecule is Cc1ccc(O)c(C(=O)Nc2cc(Cl)nc(Cl)n2)c1. The molecule has 2 aromatic rings. The standard InChI is InChI=1S/C12H9Cl2N3O2/c1-6-2-3-8(18)7(4-6)11(19)16-10-5-9(13)15-12(14)17-10/h2-5,18H,1H3,(H,15,16,17,19). The van der Waals surface area contributed by atoms with Gasteiger partial charge in [0.2, 0.25) is 5.28 Å². The first-order chi connectivity index (χ1) is 8.95. The number of aromatic hydroxyl groups is 1. The van der Waals surface area contributed by atoms with Crippen molar-refractivity contribution in [1.29, 1.82) is 0 Å². The van der Waals surface area contributed by atoms with Crippen molar-refractivity contribution < 1.29 is 9.90 Å². The summed E-state index contributed by atoms with van der Waals surface area (Å²) in [5.74, 6) is -0.461. The number of amides is 1. The lowest BCUT2D eigenvalue weighted by Crippen LogP contribution is -2.13. The molecule has 0 aliphatic rings. The van der Waals surface area contributed by atoms with E-state index < -0.39 is 5.91 Å². The minimum absolute atomic E-state index is 0.0729. The molecule has 0 aliphatic carbocycles. The fourth-order valence-electron chi connectivity index (χ4n) is 1.47. The Kier molecular flexibility index (Phi) is 3.87. The molecule has 2 rings (SSSR count). The van der Waals surface area contributed by atoms with E-state index in [1.807, 2.05) is 6.92 Å². The van der Waals surface area contributed by atoms with E-state index in [2.05, 4.69) is 15.3 Å². The smallest absolute Gasteiger partial charge is 0.260 e. The molecule has 1 heterocycles. The van der Waals surface area contributed by atoms with Crippen LogP contribution in [0.1, 0.15) is 15.9 Å². The van der Waals surface area contributed by atoms with Crippen LogP contribution >= 0.6 is 23.2 Å². The topological polar surface area (TPSA) is 75.1 Å². The summed E-state index contributed by atoms with van der Waals surface area (Å²) in [6.45, 7) is 1.81. The number of nitrogens with one attached hydrogen (secondary N) is 1. The molecule has 0 aliphatic heterocycles. The molecule has 0 spiro atoms. The molecule has 5 nitrogen and oxygen atoms in total. The first-order valence-electron chi connectivity index (χ1n) is 5.27. The van der Waals surface area contributed by atoms with Gasteiger partial charge in [-0.1, -0.05) is 23.2 Å². The number of carbonyl (C=O) groups excluding carboxylic acids is 1. The van der Waals surface area contributed by atoms with E-state index in [0.29, 0.717) is 0 Å². The van der Waals surface area contributed by atoms with Crippen molar-refractivity contribution in [3.05, 3.63) is 45.8 Å². The molecule has 1 aromatic carbocycles. The van der Waals surface area contributed by atoms with E-state index in [1.54, 1.807) is 12.1 Å². The minimum Gasteiger partial charge on any atom is -0.507 e. The Morgan fingerprint density at radius 2 is 2.00 bits per heavy atom. The van der Waals surface area contributed by atoms with Crippen LogP contribution in [-0.4, -0.2) is 21.0 Å². The van der Waals surface area contributed by atoms with Crippen LogP contribution in [-0.2, 0) is 0 Å². The van der Waals surface area contributed by atoms with Gasteiger partial charge in [0, 0.05) is 6.07 Å². The third kappa shape index (κ3) is 3.33. The summed E-state index contributed by atoms with van der Waals surface area (Å²) in [6.07, 6.45) is 0. The molecule has 0 saturated carbocycles. The first-order valence-corrected chi connectivity index (χ1v) is 6.02. The Labute approximate surface area is 119 Å². The lowest BCUT2D eigenvalue weighted by molar-refractivity contribution is 0.102. The van der Waals surface area contributed by atoms with Gasteiger partial charge in [0.1, 0.15) is 16.7 Å². The number of halogens is 2. The van der Waals surface area contributed by atoms with Gasteiger partial charge in [0.05, 0.1) is 5.56 Å². The van der Waals surface area contributed by atoms with Gasteiger partial charge >= 0.3 is 0 Å². The number of aryl methyl sites for hydroxylation is 1. The molecule has 0 fully saturated rings. The third-order valence-electron chi connectivity index (χ3n) is 2.31. The van der Waals surface area contributed by atoms with Crippen molar-refractivity contribution in [2.24, 2.45) is 0 Å². The maximum Gasteiger partial charge on any atom is 0.260 e. The fourth-order valence-corrected chi connectivity index (χ4v) is 1.88. The molecular weight excluding hydrogens is 289 g/mol. The minimum atomic E-state index is -0.507. The van der Waals surface area contributed by atoms with Gasteiger partial charge in [-0.25, -0.2) is 9.97 Å². The van der Waals surface area contributed by atoms with Crippen LogP contribution in [0.25, 0.3) is 0 Å². The van der Waals surface area contributed by atoms with Gasteiger partial charge in [-0.05, 0) is 30.7 Å². The first kappa shape index (κ1) is 13.6. The van der Waals surface area contributed by atoms with Crippen LogP contribution < -0.4 is 5.32 Å². The number of carbonyl (C=O) groups is 1. The zero-order valence-corrected chi connectivity index (χ0v) is 11.3. The van der Waals surface area contributed by atoms with E-state index in [4.69, 9.17) is 23.2 Å². The van der Waals surface area contributed by atoms with E-state index in [9.17, 15) is 9.90 Å². The number of phenolic OH excluding ortho intramolecular Hbond substituents is 1. The Hall–Kier alpha value is -1.85. The second-order valence-corrected chi connectivity index (χ2v) is 4.54. The van der Waals surface area contributed by atoms with Crippen molar-refractivity contribution in [1.82, 2.24) is 9.97 Å². The molecule has 19 heavy (non-hydrogen) atoms. The zero-order chi connectivity index (χ0) is 14.0. The molecule has 0 radical (unpaired) electrons. The average molecular weight is 298 g/mol. The predicted octanol–water partition coefficient (Wildman–Crippen LogP) is 3.05. The van der Waals surface area contributed by atoms with Gasteiger partial charge in [0.15, 0.2) is 0 Å². The summed E-state index contributed by atoms with van der Waals surface area (Å²) in [5, 5.41) is 12.2. The number of anilines is 1. The number of phenols is 1. The third-order valence-corrected chi connectivity index (χ3v) is 2.67. The number of rotatable bonds is 2. The Morgan fingerprint density at radius 1 is 1.26 bits per heavy atom. The van der Waals surface area contributed by atoms with Crippen LogP contribution in [0.2, 0.25) is 10.4 Å². The second-order valence-electron chi connectivity index (χ2n) is 3.82. The van der Waals surface area contributed by atoms with Crippen molar-refractivity contribution in [2.75, 3.05) is 5.32 Å². The lowest BCUT2D eigenvalue weighted by atomic mass is 10.1. The van der Waals surface area contributed by atoms with Crippen LogP contribution in [0.4, 0.5) is 5.82 Å². The predicted molar refractivity (Wildman–Crippen MR) is 72.8 cm³/mol. The monoisotopic (exact) mass is 297 g/mol. The highest BCUT2D eigenvalue weighted by Gasteiger charge is 2.13. The maximum absolute atomic E-state index is 12.0. The maximum atomic E-state index is 12.0. The van der Waals surface area contributed by atoms with Crippen LogP contribution in [0.5, 0.6) is 5.75 Å². The van der Waals surface area contributed by atoms with E-state index in [0.717, 1.165) is 5.56 Å². The number of hydrogen-bond acceptors (Lipinski definition) is 4. The normalized spacial score (nSPS) is 10.3. The van der Waals surface area contributed by atoms with Gasteiger partial charge in [0.25, 0.3) is 5.91 Å². The molecule has 0 saturated heterocycles. The van der Waals surface area contributed by atoms with Crippen molar-refractivity contribution in [3.8, 4) is 5.75 Å². The summed E-state index contributed by atoms with van der Waals surface area (Å²) >= 11 is 11.3. The molecular formula is C12H9Cl2N3O2. The van der Waals surface area contributed by atoms with Gasteiger partial charge in [-0.2, -0.15) is 0 Å². The Morgan fingerprint density at radius 3 is 2.68 bits per heavy atom. The van der Waals surface area contributed by atoms with Crippen molar-refractivity contribution in [3.63, 3.8) is 0 Å². The van der Waals surface area contributed by atoms with E-state index in [1.165, 1.54) is 12.1 Å². The van der Waals surface area contributed by atoms with Gasteiger partial charge in [-0.3, -0.25) is 4.79 Å². The van der Waals surface area contributed by atoms with Crippen LogP contribution in [0, 0.1) is 6.92 Å². The average Bonchev–Trinajstić information content (AvgIpc) is 2.30. The number of nitrogens with zero attached hydrogens (tertiary/aromatic N) is 2. The van der Waals surface area contributed by atoms with Crippen molar-refractivity contribution in [2.45, 2.75) is 6.92 Å². The van der Waals surface area contributed by atoms with E-state index in [-0.39, 0.29) is 27.6 Å². The summed E-state index contributed by atoms with van der Waals surface area (Å²) < 4.78 is 0. The molecule has 0 bridgehead atoms. The zero-order valence-electron chi connectivity index (χ0n) is 9.82. The van der Waals surface area contributed by atoms with Crippen molar-refractivity contribution >= 4 is 34.9 Å². The Bertz CT molecular complexity index is 627. The molecule has 1 aromatic heterocycles. The Balaban J connectivity index is 2.28. The van der Waals surface area contributed by atoms with Crippen LogP contribution in [0.15, 0.2) is 24.3 Å². The molecule has 2 N–H and O–H groups in total. The fraction of sp³-hybridized carbons (Fsp3) is 0.0833. The number of benzene rings is 1. The van der Waals surface area contributed by atoms with Gasteiger partial charge in [-0.15, -0.1) is 0 Å². The van der Waals surface area contributed by atoms with Gasteiger partial charge < -0.3 is 10.4 Å². The number of aromatic nitrogens is 2. The summed E-state index contributed by atoms with van der Waals surface area (Å²) in [7, 11) is 0. The molecule has 98 valence electrons. The lowest BCUT2D eigenvalue weighted by Gasteiger charge is -2.07. The quantitative estimate of drug-likeness (QED) is 0.660. The molecule has 1 amide bonds. The van der Waals surface area contributed by atoms with E-state index >= 15 is 0 Å².